The molecule has 1 N–H and O–H groups in total. The SMILES string of the molecule is CCOc1ccc(/C=C2/N=C(c3ccccc3Cl)NC2=O)cc1. The van der Waals surface area contributed by atoms with Crippen LogP contribution in [0, 0.1) is 0 Å². The number of hydrogen-bond acceptors (Lipinski definition) is 3. The summed E-state index contributed by atoms with van der Waals surface area (Å²) in [7, 11) is 0. The topological polar surface area (TPSA) is 50.7 Å². The summed E-state index contributed by atoms with van der Waals surface area (Å²) in [5.74, 6) is 1.03. The fourth-order valence-electron chi connectivity index (χ4n) is 2.23. The zero-order valence-electron chi connectivity index (χ0n) is 12.5. The summed E-state index contributed by atoms with van der Waals surface area (Å²) in [5, 5.41) is 3.30. The van der Waals surface area contributed by atoms with Crippen LogP contribution in [0.1, 0.15) is 18.1 Å². The molecule has 0 aliphatic carbocycles. The summed E-state index contributed by atoms with van der Waals surface area (Å²) in [6.45, 7) is 2.55. The smallest absolute Gasteiger partial charge is 0.275 e. The van der Waals surface area contributed by atoms with Crippen molar-refractivity contribution in [2.45, 2.75) is 6.92 Å². The highest BCUT2D eigenvalue weighted by molar-refractivity contribution is 6.35. The quantitative estimate of drug-likeness (QED) is 0.872. The first-order valence-electron chi connectivity index (χ1n) is 7.27. The lowest BCUT2D eigenvalue weighted by Crippen LogP contribution is -2.24. The predicted octanol–water partition coefficient (Wildman–Crippen LogP) is 3.66. The van der Waals surface area contributed by atoms with Gasteiger partial charge in [-0.25, -0.2) is 4.99 Å². The normalized spacial score (nSPS) is 15.5. The van der Waals surface area contributed by atoms with Gasteiger partial charge in [-0.2, -0.15) is 0 Å². The van der Waals surface area contributed by atoms with Crippen LogP contribution in [0.4, 0.5) is 0 Å². The highest BCUT2D eigenvalue weighted by atomic mass is 35.5. The summed E-state index contributed by atoms with van der Waals surface area (Å²) in [4.78, 5) is 16.4. The Kier molecular flexibility index (Phi) is 4.44. The van der Waals surface area contributed by atoms with Crippen LogP contribution in [0.5, 0.6) is 5.75 Å². The van der Waals surface area contributed by atoms with Crippen molar-refractivity contribution in [1.29, 1.82) is 0 Å². The number of hydrogen-bond donors (Lipinski definition) is 1. The summed E-state index contributed by atoms with van der Waals surface area (Å²) < 4.78 is 5.40. The van der Waals surface area contributed by atoms with Crippen LogP contribution in [-0.2, 0) is 4.79 Å². The molecule has 0 unspecified atom stereocenters. The van der Waals surface area contributed by atoms with Gasteiger partial charge in [0.2, 0.25) is 0 Å². The number of ether oxygens (including phenoxy) is 1. The fraction of sp³-hybridized carbons (Fsp3) is 0.111. The number of rotatable bonds is 4. The van der Waals surface area contributed by atoms with Crippen molar-refractivity contribution in [1.82, 2.24) is 5.32 Å². The van der Waals surface area contributed by atoms with Gasteiger partial charge in [0.1, 0.15) is 17.3 Å². The Morgan fingerprint density at radius 1 is 1.17 bits per heavy atom. The number of amidine groups is 1. The molecule has 1 amide bonds. The Morgan fingerprint density at radius 3 is 2.61 bits per heavy atom. The molecule has 2 aromatic carbocycles. The number of aliphatic imine (C=N–C) groups is 1. The van der Waals surface area contributed by atoms with E-state index >= 15 is 0 Å². The van der Waals surface area contributed by atoms with Crippen molar-refractivity contribution in [2.24, 2.45) is 4.99 Å². The van der Waals surface area contributed by atoms with E-state index in [4.69, 9.17) is 16.3 Å². The van der Waals surface area contributed by atoms with Crippen LogP contribution in [0.15, 0.2) is 59.2 Å². The Morgan fingerprint density at radius 2 is 1.91 bits per heavy atom. The van der Waals surface area contributed by atoms with E-state index in [1.165, 1.54) is 0 Å². The molecule has 0 spiro atoms. The molecule has 0 fully saturated rings. The van der Waals surface area contributed by atoms with Crippen molar-refractivity contribution in [3.8, 4) is 5.75 Å². The number of halogens is 1. The maximum absolute atomic E-state index is 12.1. The minimum Gasteiger partial charge on any atom is -0.494 e. The van der Waals surface area contributed by atoms with Crippen LogP contribution in [-0.4, -0.2) is 18.3 Å². The molecular weight excluding hydrogens is 312 g/mol. The summed E-state index contributed by atoms with van der Waals surface area (Å²) in [6, 6.07) is 14.8. The molecule has 0 atom stereocenters. The molecule has 23 heavy (non-hydrogen) atoms. The van der Waals surface area contributed by atoms with E-state index < -0.39 is 0 Å². The first-order valence-corrected chi connectivity index (χ1v) is 7.64. The van der Waals surface area contributed by atoms with Gasteiger partial charge in [-0.15, -0.1) is 0 Å². The molecule has 1 aliphatic heterocycles. The van der Waals surface area contributed by atoms with Gasteiger partial charge in [0, 0.05) is 5.56 Å². The number of nitrogens with zero attached hydrogens (tertiary/aromatic N) is 1. The van der Waals surface area contributed by atoms with Gasteiger partial charge in [0.05, 0.1) is 11.6 Å². The number of nitrogens with one attached hydrogen (secondary N) is 1. The van der Waals surface area contributed by atoms with Crippen LogP contribution in [0.3, 0.4) is 0 Å². The molecule has 0 saturated heterocycles. The molecule has 3 rings (SSSR count). The standard InChI is InChI=1S/C18H15ClN2O2/c1-2-23-13-9-7-12(8-10-13)11-16-18(22)21-17(20-16)14-5-3-4-6-15(14)19/h3-11H,2H2,1H3,(H,20,21,22)/b16-11+. The monoisotopic (exact) mass is 326 g/mol. The molecular formula is C18H15ClN2O2. The molecule has 0 bridgehead atoms. The third kappa shape index (κ3) is 3.43. The highest BCUT2D eigenvalue weighted by Gasteiger charge is 2.22. The minimum atomic E-state index is -0.242. The maximum atomic E-state index is 12.1. The van der Waals surface area contributed by atoms with Crippen molar-refractivity contribution < 1.29 is 9.53 Å². The average molecular weight is 327 g/mol. The Bertz CT molecular complexity index is 795. The highest BCUT2D eigenvalue weighted by Crippen LogP contribution is 2.21. The van der Waals surface area contributed by atoms with Crippen LogP contribution in [0.25, 0.3) is 6.08 Å². The first-order chi connectivity index (χ1) is 11.2. The minimum absolute atomic E-state index is 0.242. The summed E-state index contributed by atoms with van der Waals surface area (Å²) in [6.07, 6.45) is 1.73. The Balaban J connectivity index is 1.87. The van der Waals surface area contributed by atoms with Crippen LogP contribution < -0.4 is 10.1 Å². The van der Waals surface area contributed by atoms with Crippen molar-refractivity contribution in [3.05, 3.63) is 70.4 Å². The molecule has 0 radical (unpaired) electrons. The van der Waals surface area contributed by atoms with E-state index in [9.17, 15) is 4.79 Å². The zero-order valence-corrected chi connectivity index (χ0v) is 13.3. The zero-order chi connectivity index (χ0) is 16.2. The van der Waals surface area contributed by atoms with Gasteiger partial charge in [-0.05, 0) is 42.8 Å². The molecule has 2 aromatic rings. The van der Waals surface area contributed by atoms with Crippen LogP contribution in [0.2, 0.25) is 5.02 Å². The van der Waals surface area contributed by atoms with E-state index in [-0.39, 0.29) is 5.91 Å². The molecule has 1 heterocycles. The van der Waals surface area contributed by atoms with Gasteiger partial charge >= 0.3 is 0 Å². The summed E-state index contributed by atoms with van der Waals surface area (Å²) in [5.41, 5.74) is 1.93. The largest absolute Gasteiger partial charge is 0.494 e. The number of amides is 1. The van der Waals surface area contributed by atoms with Crippen molar-refractivity contribution >= 4 is 29.4 Å². The van der Waals surface area contributed by atoms with Gasteiger partial charge in [0.15, 0.2) is 0 Å². The van der Waals surface area contributed by atoms with Gasteiger partial charge in [-0.3, -0.25) is 4.79 Å². The van der Waals surface area contributed by atoms with Crippen molar-refractivity contribution in [3.63, 3.8) is 0 Å². The number of benzene rings is 2. The van der Waals surface area contributed by atoms with E-state index in [2.05, 4.69) is 10.3 Å². The van der Waals surface area contributed by atoms with E-state index in [0.29, 0.717) is 28.7 Å². The second-order valence-electron chi connectivity index (χ2n) is 4.93. The van der Waals surface area contributed by atoms with Gasteiger partial charge < -0.3 is 10.1 Å². The van der Waals surface area contributed by atoms with Gasteiger partial charge in [0.25, 0.3) is 5.91 Å². The maximum Gasteiger partial charge on any atom is 0.275 e. The fourth-order valence-corrected chi connectivity index (χ4v) is 2.46. The first kappa shape index (κ1) is 15.3. The average Bonchev–Trinajstić information content (AvgIpc) is 2.91. The lowest BCUT2D eigenvalue weighted by molar-refractivity contribution is -0.115. The Labute approximate surface area is 139 Å². The third-order valence-electron chi connectivity index (χ3n) is 3.32. The molecule has 4 nitrogen and oxygen atoms in total. The van der Waals surface area contributed by atoms with Crippen molar-refractivity contribution in [2.75, 3.05) is 6.61 Å². The van der Waals surface area contributed by atoms with Gasteiger partial charge in [-0.1, -0.05) is 35.9 Å². The molecule has 116 valence electrons. The third-order valence-corrected chi connectivity index (χ3v) is 3.65. The lowest BCUT2D eigenvalue weighted by atomic mass is 10.2. The summed E-state index contributed by atoms with van der Waals surface area (Å²) >= 11 is 6.14. The molecule has 0 saturated carbocycles. The van der Waals surface area contributed by atoms with E-state index in [1.807, 2.05) is 49.4 Å². The number of carbonyl (C=O) groups is 1. The van der Waals surface area contributed by atoms with Crippen LogP contribution >= 0.6 is 11.6 Å². The van der Waals surface area contributed by atoms with E-state index in [1.54, 1.807) is 12.1 Å². The predicted molar refractivity (Wildman–Crippen MR) is 91.7 cm³/mol. The Hall–Kier alpha value is -2.59. The molecule has 5 heteroatoms. The second kappa shape index (κ2) is 6.67. The number of carbonyl (C=O) groups excluding carboxylic acids is 1. The molecule has 0 aromatic heterocycles. The second-order valence-corrected chi connectivity index (χ2v) is 5.33. The van der Waals surface area contributed by atoms with E-state index in [0.717, 1.165) is 11.3 Å². The molecule has 1 aliphatic rings. The lowest BCUT2D eigenvalue weighted by Gasteiger charge is -2.02.